The summed E-state index contributed by atoms with van der Waals surface area (Å²) in [6, 6.07) is 3.85. The highest BCUT2D eigenvalue weighted by atomic mass is 16.1. The van der Waals surface area contributed by atoms with Gasteiger partial charge in [0.2, 0.25) is 5.91 Å². The number of nitrogens with zero attached hydrogens (tertiary/aromatic N) is 4. The fourth-order valence-electron chi connectivity index (χ4n) is 2.64. The number of anilines is 1. The van der Waals surface area contributed by atoms with E-state index in [9.17, 15) is 4.79 Å². The second-order valence-electron chi connectivity index (χ2n) is 5.21. The van der Waals surface area contributed by atoms with Gasteiger partial charge in [0.05, 0.1) is 11.5 Å². The van der Waals surface area contributed by atoms with Gasteiger partial charge in [0.25, 0.3) is 0 Å². The first kappa shape index (κ1) is 14.3. The summed E-state index contributed by atoms with van der Waals surface area (Å²) in [5, 5.41) is 14.1. The highest BCUT2D eigenvalue weighted by Crippen LogP contribution is 2.21. The van der Waals surface area contributed by atoms with Crippen LogP contribution in [-0.4, -0.2) is 45.5 Å². The largest absolute Gasteiger partial charge is 0.346 e. The maximum absolute atomic E-state index is 11.8. The second-order valence-corrected chi connectivity index (χ2v) is 5.21. The maximum atomic E-state index is 11.8. The first-order valence-corrected chi connectivity index (χ1v) is 7.22. The van der Waals surface area contributed by atoms with Gasteiger partial charge in [-0.2, -0.15) is 5.26 Å². The lowest BCUT2D eigenvalue weighted by Gasteiger charge is -2.31. The molecule has 22 heavy (non-hydrogen) atoms. The van der Waals surface area contributed by atoms with Gasteiger partial charge in [-0.15, -0.1) is 0 Å². The van der Waals surface area contributed by atoms with Crippen LogP contribution in [0.2, 0.25) is 0 Å². The first-order chi connectivity index (χ1) is 10.8. The fourth-order valence-corrected chi connectivity index (χ4v) is 2.64. The molecular weight excluding hydrogens is 282 g/mol. The molecule has 3 N–H and O–H groups in total. The Morgan fingerprint density at radius 3 is 3.05 bits per heavy atom. The predicted octanol–water partition coefficient (Wildman–Crippen LogP) is 0.637. The number of hydrazine groups is 1. The number of H-pyrrole nitrogens is 1. The number of piperidine rings is 1. The molecule has 8 nitrogen and oxygen atoms in total. The Balaban J connectivity index is 1.57. The smallest absolute Gasteiger partial charge is 0.224 e. The van der Waals surface area contributed by atoms with E-state index < -0.39 is 0 Å². The summed E-state index contributed by atoms with van der Waals surface area (Å²) in [5.41, 5.74) is 4.09. The van der Waals surface area contributed by atoms with Gasteiger partial charge >= 0.3 is 0 Å². The molecule has 3 rings (SSSR count). The average molecular weight is 299 g/mol. The predicted molar refractivity (Wildman–Crippen MR) is 80.4 cm³/mol. The van der Waals surface area contributed by atoms with E-state index in [2.05, 4.69) is 30.7 Å². The molecule has 1 saturated heterocycles. The van der Waals surface area contributed by atoms with Gasteiger partial charge in [0, 0.05) is 25.2 Å². The van der Waals surface area contributed by atoms with E-state index in [0.29, 0.717) is 0 Å². The van der Waals surface area contributed by atoms with Crippen molar-refractivity contribution in [1.82, 2.24) is 25.3 Å². The standard InChI is InChI=1S/C14H17N7O/c15-4-6-17-14(22)10-2-7-21(8-3-10)20-13-11-1-5-16-12(11)18-9-19-13/h1,5,9-10H,2-3,6-8H2,(H,17,22)(H2,16,18,19,20). The monoisotopic (exact) mass is 299 g/mol. The highest BCUT2D eigenvalue weighted by molar-refractivity contribution is 5.86. The average Bonchev–Trinajstić information content (AvgIpc) is 3.03. The molecule has 1 aliphatic heterocycles. The lowest BCUT2D eigenvalue weighted by atomic mass is 9.97. The molecule has 1 aliphatic rings. The normalized spacial score (nSPS) is 16.3. The van der Waals surface area contributed by atoms with Gasteiger partial charge in [0.15, 0.2) is 5.82 Å². The summed E-state index contributed by atoms with van der Waals surface area (Å²) >= 11 is 0. The number of aromatic amines is 1. The summed E-state index contributed by atoms with van der Waals surface area (Å²) in [6.07, 6.45) is 4.86. The Bertz CT molecular complexity index is 697. The number of nitrogens with one attached hydrogen (secondary N) is 3. The van der Waals surface area contributed by atoms with Crippen molar-refractivity contribution in [3.8, 4) is 6.07 Å². The van der Waals surface area contributed by atoms with E-state index in [1.807, 2.05) is 18.3 Å². The molecule has 0 aliphatic carbocycles. The summed E-state index contributed by atoms with van der Waals surface area (Å²) in [4.78, 5) is 23.3. The number of hydrogen-bond donors (Lipinski definition) is 3. The van der Waals surface area contributed by atoms with Crippen LogP contribution in [0.3, 0.4) is 0 Å². The molecule has 0 unspecified atom stereocenters. The molecule has 8 heteroatoms. The molecule has 0 bridgehead atoms. The van der Waals surface area contributed by atoms with Gasteiger partial charge in [-0.05, 0) is 18.9 Å². The summed E-state index contributed by atoms with van der Waals surface area (Å²) < 4.78 is 0. The first-order valence-electron chi connectivity index (χ1n) is 7.22. The third kappa shape index (κ3) is 2.99. The van der Waals surface area contributed by atoms with Crippen LogP contribution in [0, 0.1) is 17.2 Å². The van der Waals surface area contributed by atoms with Gasteiger partial charge in [-0.1, -0.05) is 0 Å². The number of nitriles is 1. The third-order valence-corrected chi connectivity index (χ3v) is 3.83. The van der Waals surface area contributed by atoms with Crippen molar-refractivity contribution in [2.75, 3.05) is 25.1 Å². The summed E-state index contributed by atoms with van der Waals surface area (Å²) in [7, 11) is 0. The zero-order valence-corrected chi connectivity index (χ0v) is 12.0. The highest BCUT2D eigenvalue weighted by Gasteiger charge is 2.25. The molecule has 0 radical (unpaired) electrons. The van der Waals surface area contributed by atoms with E-state index in [-0.39, 0.29) is 18.4 Å². The van der Waals surface area contributed by atoms with Gasteiger partial charge in [0.1, 0.15) is 18.5 Å². The van der Waals surface area contributed by atoms with Crippen LogP contribution in [-0.2, 0) is 4.79 Å². The summed E-state index contributed by atoms with van der Waals surface area (Å²) in [5.74, 6) is 0.707. The topological polar surface area (TPSA) is 110 Å². The van der Waals surface area contributed by atoms with Crippen LogP contribution in [0.4, 0.5) is 5.82 Å². The Morgan fingerprint density at radius 2 is 2.27 bits per heavy atom. The van der Waals surface area contributed by atoms with Crippen LogP contribution in [0.1, 0.15) is 12.8 Å². The summed E-state index contributed by atoms with van der Waals surface area (Å²) in [6.45, 7) is 1.57. The van der Waals surface area contributed by atoms with Crippen LogP contribution in [0.5, 0.6) is 0 Å². The van der Waals surface area contributed by atoms with Crippen LogP contribution in [0.25, 0.3) is 11.0 Å². The van der Waals surface area contributed by atoms with Crippen molar-refractivity contribution in [2.45, 2.75) is 12.8 Å². The van der Waals surface area contributed by atoms with E-state index in [4.69, 9.17) is 5.26 Å². The Hall–Kier alpha value is -2.66. The molecule has 0 saturated carbocycles. The number of fused-ring (bicyclic) bond motifs is 1. The van der Waals surface area contributed by atoms with Crippen molar-refractivity contribution in [3.63, 3.8) is 0 Å². The lowest BCUT2D eigenvalue weighted by molar-refractivity contribution is -0.126. The molecule has 3 heterocycles. The Morgan fingerprint density at radius 1 is 1.45 bits per heavy atom. The van der Waals surface area contributed by atoms with Crippen molar-refractivity contribution in [3.05, 3.63) is 18.6 Å². The minimum atomic E-state index is -0.0312. The van der Waals surface area contributed by atoms with Crippen LogP contribution >= 0.6 is 0 Å². The molecular formula is C14H17N7O. The second kappa shape index (κ2) is 6.41. The molecule has 1 amide bonds. The molecule has 114 valence electrons. The number of carbonyl (C=O) groups is 1. The number of rotatable bonds is 4. The van der Waals surface area contributed by atoms with Gasteiger partial charge in [-0.25, -0.2) is 15.0 Å². The van der Waals surface area contributed by atoms with Gasteiger partial charge < -0.3 is 15.7 Å². The number of amides is 1. The lowest BCUT2D eigenvalue weighted by Crippen LogP contribution is -2.43. The SMILES string of the molecule is N#CCNC(=O)C1CCN(Nc2ncnc3[nH]ccc23)CC1. The maximum Gasteiger partial charge on any atom is 0.224 e. The van der Waals surface area contributed by atoms with Crippen molar-refractivity contribution in [2.24, 2.45) is 5.92 Å². The molecule has 0 spiro atoms. The van der Waals surface area contributed by atoms with Crippen molar-refractivity contribution >= 4 is 22.8 Å². The minimum absolute atomic E-state index is 0.0240. The number of hydrogen-bond acceptors (Lipinski definition) is 6. The quantitative estimate of drug-likeness (QED) is 0.715. The van der Waals surface area contributed by atoms with Crippen molar-refractivity contribution < 1.29 is 4.79 Å². The zero-order chi connectivity index (χ0) is 15.4. The van der Waals surface area contributed by atoms with E-state index in [1.165, 1.54) is 6.33 Å². The fraction of sp³-hybridized carbons (Fsp3) is 0.429. The molecule has 1 fully saturated rings. The molecule has 2 aromatic heterocycles. The van der Waals surface area contributed by atoms with Crippen molar-refractivity contribution in [1.29, 1.82) is 5.26 Å². The zero-order valence-electron chi connectivity index (χ0n) is 12.0. The molecule has 2 aromatic rings. The van der Waals surface area contributed by atoms with E-state index >= 15 is 0 Å². The number of carbonyl (C=O) groups excluding carboxylic acids is 1. The minimum Gasteiger partial charge on any atom is -0.346 e. The molecule has 0 atom stereocenters. The van der Waals surface area contributed by atoms with E-state index in [1.54, 1.807) is 0 Å². The Kier molecular flexibility index (Phi) is 4.16. The van der Waals surface area contributed by atoms with Crippen LogP contribution in [0.15, 0.2) is 18.6 Å². The van der Waals surface area contributed by atoms with E-state index in [0.717, 1.165) is 42.8 Å². The Labute approximate surface area is 127 Å². The number of aromatic nitrogens is 3. The van der Waals surface area contributed by atoms with Crippen LogP contribution < -0.4 is 10.7 Å². The molecule has 0 aromatic carbocycles. The third-order valence-electron chi connectivity index (χ3n) is 3.83. The van der Waals surface area contributed by atoms with Gasteiger partial charge in [-0.3, -0.25) is 4.79 Å².